The largest absolute Gasteiger partial charge is 0.377 e. The van der Waals surface area contributed by atoms with E-state index >= 15 is 0 Å². The Morgan fingerprint density at radius 2 is 1.78 bits per heavy atom. The molecular formula is C29H38FN5O. The Balaban J connectivity index is 2.66. The predicted octanol–water partition coefficient (Wildman–Crippen LogP) is 5.41. The zero-order valence-electron chi connectivity index (χ0n) is 22.5. The topological polar surface area (TPSA) is 75.3 Å². The number of rotatable bonds is 10. The third kappa shape index (κ3) is 6.55. The lowest BCUT2D eigenvalue weighted by Gasteiger charge is -2.21. The Kier molecular flexibility index (Phi) is 10.3. The van der Waals surface area contributed by atoms with Crippen molar-refractivity contribution in [3.8, 4) is 0 Å². The lowest BCUT2D eigenvalue weighted by Crippen LogP contribution is -2.27. The van der Waals surface area contributed by atoms with Crippen LogP contribution in [0.3, 0.4) is 0 Å². The van der Waals surface area contributed by atoms with Gasteiger partial charge >= 0.3 is 0 Å². The van der Waals surface area contributed by atoms with Gasteiger partial charge in [0.2, 0.25) is 5.95 Å². The molecule has 0 fully saturated rings. The van der Waals surface area contributed by atoms with Crippen molar-refractivity contribution in [3.05, 3.63) is 88.5 Å². The minimum absolute atomic E-state index is 0.0442. The van der Waals surface area contributed by atoms with E-state index in [0.29, 0.717) is 28.1 Å². The van der Waals surface area contributed by atoms with Crippen molar-refractivity contribution in [2.45, 2.75) is 27.7 Å². The molecule has 0 unspecified atom stereocenters. The summed E-state index contributed by atoms with van der Waals surface area (Å²) in [5.41, 5.74) is 12.2. The van der Waals surface area contributed by atoms with Gasteiger partial charge in [-0.15, -0.1) is 0 Å². The van der Waals surface area contributed by atoms with Crippen LogP contribution in [0.5, 0.6) is 0 Å². The van der Waals surface area contributed by atoms with Crippen LogP contribution in [-0.4, -0.2) is 66.5 Å². The minimum Gasteiger partial charge on any atom is -0.377 e. The van der Waals surface area contributed by atoms with Crippen molar-refractivity contribution in [2.75, 3.05) is 46.6 Å². The molecule has 0 aromatic carbocycles. The number of alkyl halides is 1. The highest BCUT2D eigenvalue weighted by molar-refractivity contribution is 6.28. The van der Waals surface area contributed by atoms with Crippen LogP contribution in [0.25, 0.3) is 11.1 Å². The molecule has 0 radical (unpaired) electrons. The third-order valence-corrected chi connectivity index (χ3v) is 6.18. The van der Waals surface area contributed by atoms with Crippen LogP contribution >= 0.6 is 0 Å². The standard InChI is InChI=1S/C29H38FN5O/c1-9-12-22(13-11-16-30)26-25-27(33-29(31)32-26)24(23(10-2)28(25)36)21(5)19(3)14-15-20(4)35(8)18-17-34(6)7/h9-15H,1,16-18H2,2-8H3,(H2,31,32,33)/b13-11-,19-14+,20-15+,22-12+,23-10+,24-21-. The lowest BCUT2D eigenvalue weighted by atomic mass is 9.97. The van der Waals surface area contributed by atoms with Crippen molar-refractivity contribution in [3.63, 3.8) is 0 Å². The van der Waals surface area contributed by atoms with Crippen molar-refractivity contribution >= 4 is 22.9 Å². The number of halogens is 1. The van der Waals surface area contributed by atoms with Gasteiger partial charge in [0.15, 0.2) is 5.78 Å². The van der Waals surface area contributed by atoms with Gasteiger partial charge in [0.25, 0.3) is 0 Å². The molecule has 1 heterocycles. The first-order valence-electron chi connectivity index (χ1n) is 11.9. The monoisotopic (exact) mass is 491 g/mol. The van der Waals surface area contributed by atoms with E-state index in [4.69, 9.17) is 5.73 Å². The number of nitrogens with zero attached hydrogens (tertiary/aromatic N) is 4. The summed E-state index contributed by atoms with van der Waals surface area (Å²) in [7, 11) is 6.18. The van der Waals surface area contributed by atoms with E-state index in [1.54, 1.807) is 24.3 Å². The maximum absolute atomic E-state index is 13.5. The van der Waals surface area contributed by atoms with Crippen LogP contribution in [0.15, 0.2) is 71.5 Å². The number of nitrogen functional groups attached to an aromatic ring is 1. The fourth-order valence-corrected chi connectivity index (χ4v) is 3.85. The number of aromatic nitrogens is 2. The number of anilines is 1. The van der Waals surface area contributed by atoms with Crippen LogP contribution in [0.4, 0.5) is 10.3 Å². The molecule has 0 atom stereocenters. The second-order valence-corrected chi connectivity index (χ2v) is 8.98. The maximum Gasteiger partial charge on any atom is 0.221 e. The molecular weight excluding hydrogens is 453 g/mol. The summed E-state index contributed by atoms with van der Waals surface area (Å²) in [5, 5.41) is 0. The number of ketones is 1. The van der Waals surface area contributed by atoms with Crippen LogP contribution in [0.1, 0.15) is 49.4 Å². The van der Waals surface area contributed by atoms with E-state index in [-0.39, 0.29) is 11.7 Å². The average molecular weight is 492 g/mol. The first-order chi connectivity index (χ1) is 17.1. The Bertz CT molecular complexity index is 1200. The second kappa shape index (κ2) is 12.9. The van der Waals surface area contributed by atoms with Crippen LogP contribution in [0, 0.1) is 0 Å². The summed E-state index contributed by atoms with van der Waals surface area (Å²) in [5.74, 6) is -0.133. The molecule has 2 N–H and O–H groups in total. The van der Waals surface area contributed by atoms with Crippen molar-refractivity contribution in [1.82, 2.24) is 19.8 Å². The quantitative estimate of drug-likeness (QED) is 0.348. The van der Waals surface area contributed by atoms with Crippen LogP contribution in [0.2, 0.25) is 0 Å². The summed E-state index contributed by atoms with van der Waals surface area (Å²) < 4.78 is 12.9. The number of fused-ring (bicyclic) bond motifs is 1. The zero-order chi connectivity index (χ0) is 27.0. The number of nitrogens with two attached hydrogens (primary N) is 1. The van der Waals surface area contributed by atoms with Crippen LogP contribution < -0.4 is 5.73 Å². The summed E-state index contributed by atoms with van der Waals surface area (Å²) in [6, 6.07) is 0. The molecule has 1 aliphatic rings. The average Bonchev–Trinajstić information content (AvgIpc) is 3.13. The molecule has 2 rings (SSSR count). The normalized spacial score (nSPS) is 17.4. The molecule has 192 valence electrons. The molecule has 36 heavy (non-hydrogen) atoms. The fourth-order valence-electron chi connectivity index (χ4n) is 3.85. The highest BCUT2D eigenvalue weighted by Crippen LogP contribution is 2.42. The Labute approximate surface area is 214 Å². The molecule has 0 spiro atoms. The van der Waals surface area contributed by atoms with E-state index in [0.717, 1.165) is 35.5 Å². The highest BCUT2D eigenvalue weighted by Gasteiger charge is 2.36. The molecule has 0 aliphatic heterocycles. The molecule has 7 heteroatoms. The minimum atomic E-state index is -0.642. The first-order valence-corrected chi connectivity index (χ1v) is 11.9. The van der Waals surface area contributed by atoms with Gasteiger partial charge in [0.1, 0.15) is 6.67 Å². The molecule has 6 nitrogen and oxygen atoms in total. The Hall–Kier alpha value is -3.58. The van der Waals surface area contributed by atoms with Crippen molar-refractivity contribution in [2.24, 2.45) is 0 Å². The smallest absolute Gasteiger partial charge is 0.221 e. The number of carbonyl (C=O) groups is 1. The number of likely N-dealkylation sites (N-methyl/N-ethyl adjacent to an activating group) is 2. The third-order valence-electron chi connectivity index (χ3n) is 6.18. The first kappa shape index (κ1) is 28.7. The molecule has 1 aliphatic carbocycles. The van der Waals surface area contributed by atoms with Crippen molar-refractivity contribution in [1.29, 1.82) is 0 Å². The Morgan fingerprint density at radius 3 is 2.36 bits per heavy atom. The zero-order valence-corrected chi connectivity index (χ0v) is 22.5. The number of hydrogen-bond donors (Lipinski definition) is 1. The summed E-state index contributed by atoms with van der Waals surface area (Å²) in [6.45, 7) is 12.9. The maximum atomic E-state index is 13.5. The van der Waals surface area contributed by atoms with E-state index < -0.39 is 6.67 Å². The van der Waals surface area contributed by atoms with E-state index in [1.165, 1.54) is 6.08 Å². The van der Waals surface area contributed by atoms with Gasteiger partial charge < -0.3 is 15.5 Å². The molecule has 0 amide bonds. The number of Topliss-reactive ketones (excluding diaryl/α,β-unsaturated/α-hetero) is 1. The second-order valence-electron chi connectivity index (χ2n) is 8.98. The highest BCUT2D eigenvalue weighted by atomic mass is 19.1. The van der Waals surface area contributed by atoms with Gasteiger partial charge in [-0.05, 0) is 59.0 Å². The summed E-state index contributed by atoms with van der Waals surface area (Å²) in [4.78, 5) is 26.7. The molecule has 1 aromatic heterocycles. The van der Waals surface area contributed by atoms with Gasteiger partial charge in [-0.3, -0.25) is 4.79 Å². The van der Waals surface area contributed by atoms with Gasteiger partial charge in [0, 0.05) is 42.6 Å². The van der Waals surface area contributed by atoms with E-state index in [1.807, 2.05) is 20.8 Å². The van der Waals surface area contributed by atoms with Crippen LogP contribution in [-0.2, 0) is 0 Å². The van der Waals surface area contributed by atoms with Gasteiger partial charge in [-0.25, -0.2) is 14.4 Å². The fraction of sp³-hybridized carbons (Fsp3) is 0.345. The number of carbonyl (C=O) groups excluding carboxylic acids is 1. The SMILES string of the molecule is C=C/C=C(\C=C/CF)c1nc(N)nc2c1C(=O)C(=C/C)/C2=C(C)/C(C)=C/C=C(\C)N(C)CCN(C)C. The molecule has 1 aromatic rings. The van der Waals surface area contributed by atoms with Gasteiger partial charge in [0.05, 0.1) is 17.0 Å². The summed E-state index contributed by atoms with van der Waals surface area (Å²) >= 11 is 0. The van der Waals surface area contributed by atoms with E-state index in [2.05, 4.69) is 66.6 Å². The predicted molar refractivity (Wildman–Crippen MR) is 149 cm³/mol. The molecule has 0 bridgehead atoms. The number of hydrogen-bond acceptors (Lipinski definition) is 6. The Morgan fingerprint density at radius 1 is 1.08 bits per heavy atom. The molecule has 0 saturated carbocycles. The van der Waals surface area contributed by atoms with Gasteiger partial charge in [-0.2, -0.15) is 0 Å². The summed E-state index contributed by atoms with van der Waals surface area (Å²) in [6.07, 6.45) is 12.1. The molecule has 0 saturated heterocycles. The van der Waals surface area contributed by atoms with Crippen molar-refractivity contribution < 1.29 is 9.18 Å². The van der Waals surface area contributed by atoms with E-state index in [9.17, 15) is 9.18 Å². The lowest BCUT2D eigenvalue weighted by molar-refractivity contribution is 0.104. The number of allylic oxidation sites excluding steroid dienone is 13. The van der Waals surface area contributed by atoms with Gasteiger partial charge in [-0.1, -0.05) is 43.0 Å².